The Morgan fingerprint density at radius 2 is 2.17 bits per heavy atom. The molecule has 0 saturated carbocycles. The van der Waals surface area contributed by atoms with Gasteiger partial charge >= 0.3 is 0 Å². The van der Waals surface area contributed by atoms with Gasteiger partial charge in [-0.25, -0.2) is 0 Å². The zero-order valence-corrected chi connectivity index (χ0v) is 12.5. The van der Waals surface area contributed by atoms with E-state index in [1.807, 2.05) is 14.0 Å². The van der Waals surface area contributed by atoms with Crippen molar-refractivity contribution < 1.29 is 0 Å². The minimum Gasteiger partial charge on any atom is -0.308 e. The lowest BCUT2D eigenvalue weighted by atomic mass is 10.2. The van der Waals surface area contributed by atoms with Crippen LogP contribution in [0.5, 0.6) is 0 Å². The first-order valence-electron chi connectivity index (χ1n) is 6.55. The quantitative estimate of drug-likeness (QED) is 0.835. The van der Waals surface area contributed by atoms with E-state index in [9.17, 15) is 0 Å². The molecule has 5 heteroatoms. The van der Waals surface area contributed by atoms with Gasteiger partial charge in [0.15, 0.2) is 0 Å². The molecule has 0 amide bonds. The van der Waals surface area contributed by atoms with Crippen LogP contribution in [0.25, 0.3) is 0 Å². The molecule has 0 N–H and O–H groups in total. The van der Waals surface area contributed by atoms with Crippen molar-refractivity contribution >= 4 is 11.6 Å². The molecule has 18 heavy (non-hydrogen) atoms. The first kappa shape index (κ1) is 13.8. The highest BCUT2D eigenvalue weighted by Crippen LogP contribution is 2.25. The molecule has 1 aliphatic rings. The normalized spacial score (nSPS) is 21.1. The molecule has 0 bridgehead atoms. The molecule has 0 spiro atoms. The van der Waals surface area contributed by atoms with Crippen LogP contribution in [0.3, 0.4) is 0 Å². The Morgan fingerprint density at radius 1 is 1.44 bits per heavy atom. The molecule has 0 aliphatic carbocycles. The number of rotatable bonds is 4. The second-order valence-electron chi connectivity index (χ2n) is 5.51. The van der Waals surface area contributed by atoms with Crippen LogP contribution in [-0.2, 0) is 13.6 Å². The first-order chi connectivity index (χ1) is 8.49. The molecule has 1 aromatic heterocycles. The summed E-state index contributed by atoms with van der Waals surface area (Å²) >= 11 is 6.31. The van der Waals surface area contributed by atoms with Crippen molar-refractivity contribution in [2.45, 2.75) is 32.4 Å². The van der Waals surface area contributed by atoms with Crippen LogP contribution in [0.1, 0.15) is 24.1 Å². The van der Waals surface area contributed by atoms with Crippen LogP contribution in [0.2, 0.25) is 5.15 Å². The molecule has 1 fully saturated rings. The molecular formula is C13H23ClN4. The zero-order valence-electron chi connectivity index (χ0n) is 11.8. The van der Waals surface area contributed by atoms with Crippen LogP contribution < -0.4 is 0 Å². The first-order valence-corrected chi connectivity index (χ1v) is 6.93. The van der Waals surface area contributed by atoms with Crippen molar-refractivity contribution in [3.8, 4) is 0 Å². The summed E-state index contributed by atoms with van der Waals surface area (Å²) in [6.45, 7) is 5.26. The SMILES string of the molecule is Cc1nn(C)c(Cl)c1CN1CCCC1CN(C)C. The summed E-state index contributed by atoms with van der Waals surface area (Å²) in [5, 5.41) is 5.17. The molecule has 4 nitrogen and oxygen atoms in total. The van der Waals surface area contributed by atoms with Gasteiger partial charge in [-0.15, -0.1) is 0 Å². The van der Waals surface area contributed by atoms with E-state index in [-0.39, 0.29) is 0 Å². The largest absolute Gasteiger partial charge is 0.308 e. The van der Waals surface area contributed by atoms with E-state index < -0.39 is 0 Å². The number of likely N-dealkylation sites (tertiary alicyclic amines) is 1. The van der Waals surface area contributed by atoms with Crippen molar-refractivity contribution in [1.82, 2.24) is 19.6 Å². The van der Waals surface area contributed by atoms with E-state index >= 15 is 0 Å². The van der Waals surface area contributed by atoms with E-state index in [0.717, 1.165) is 23.9 Å². The summed E-state index contributed by atoms with van der Waals surface area (Å²) in [5.41, 5.74) is 2.24. The fraction of sp³-hybridized carbons (Fsp3) is 0.769. The smallest absolute Gasteiger partial charge is 0.131 e. The topological polar surface area (TPSA) is 24.3 Å². The van der Waals surface area contributed by atoms with Crippen molar-refractivity contribution in [2.24, 2.45) is 7.05 Å². The van der Waals surface area contributed by atoms with Crippen molar-refractivity contribution in [3.05, 3.63) is 16.4 Å². The summed E-state index contributed by atoms with van der Waals surface area (Å²) in [4.78, 5) is 4.80. The van der Waals surface area contributed by atoms with Crippen LogP contribution in [0, 0.1) is 6.92 Å². The average molecular weight is 271 g/mol. The van der Waals surface area contributed by atoms with E-state index in [0.29, 0.717) is 6.04 Å². The number of hydrogen-bond donors (Lipinski definition) is 0. The Bertz CT molecular complexity index is 413. The Hall–Kier alpha value is -0.580. The monoisotopic (exact) mass is 270 g/mol. The maximum Gasteiger partial charge on any atom is 0.131 e. The molecule has 1 aromatic rings. The van der Waals surface area contributed by atoms with Crippen LogP contribution in [0.15, 0.2) is 0 Å². The minimum absolute atomic E-state index is 0.649. The number of likely N-dealkylation sites (N-methyl/N-ethyl adjacent to an activating group) is 1. The maximum absolute atomic E-state index is 6.31. The molecule has 102 valence electrons. The lowest BCUT2D eigenvalue weighted by Crippen LogP contribution is -2.37. The third kappa shape index (κ3) is 2.87. The molecular weight excluding hydrogens is 248 g/mol. The molecule has 0 aromatic carbocycles. The van der Waals surface area contributed by atoms with Gasteiger partial charge in [0.05, 0.1) is 5.69 Å². The number of halogens is 1. The van der Waals surface area contributed by atoms with Crippen LogP contribution in [0.4, 0.5) is 0 Å². The molecule has 2 rings (SSSR count). The van der Waals surface area contributed by atoms with E-state index in [4.69, 9.17) is 11.6 Å². The van der Waals surface area contributed by atoms with Gasteiger partial charge in [-0.1, -0.05) is 11.6 Å². The zero-order chi connectivity index (χ0) is 13.3. The predicted molar refractivity (Wildman–Crippen MR) is 74.9 cm³/mol. The molecule has 1 atom stereocenters. The standard InChI is InChI=1S/C13H23ClN4/c1-10-12(13(14)17(4)15-10)9-18-7-5-6-11(18)8-16(2)3/h11H,5-9H2,1-4H3. The molecule has 1 saturated heterocycles. The van der Waals surface area contributed by atoms with Gasteiger partial charge in [0.1, 0.15) is 5.15 Å². The summed E-state index contributed by atoms with van der Waals surface area (Å²) < 4.78 is 1.77. The summed E-state index contributed by atoms with van der Waals surface area (Å²) in [7, 11) is 6.18. The Kier molecular flexibility index (Phi) is 4.30. The summed E-state index contributed by atoms with van der Waals surface area (Å²) in [6.07, 6.45) is 2.57. The van der Waals surface area contributed by atoms with Crippen LogP contribution >= 0.6 is 11.6 Å². The van der Waals surface area contributed by atoms with Gasteiger partial charge in [0.2, 0.25) is 0 Å². The predicted octanol–water partition coefficient (Wildman–Crippen LogP) is 1.91. The third-order valence-corrected chi connectivity index (χ3v) is 4.18. The van der Waals surface area contributed by atoms with Gasteiger partial charge in [-0.3, -0.25) is 9.58 Å². The fourth-order valence-electron chi connectivity index (χ4n) is 2.79. The Balaban J connectivity index is 2.08. The Labute approximate surface area is 115 Å². The van der Waals surface area contributed by atoms with Gasteiger partial charge in [-0.05, 0) is 40.4 Å². The van der Waals surface area contributed by atoms with Gasteiger partial charge < -0.3 is 4.90 Å². The summed E-state index contributed by atoms with van der Waals surface area (Å²) in [5.74, 6) is 0. The molecule has 1 aliphatic heterocycles. The van der Waals surface area contributed by atoms with Gasteiger partial charge in [0.25, 0.3) is 0 Å². The van der Waals surface area contributed by atoms with E-state index in [1.54, 1.807) is 4.68 Å². The van der Waals surface area contributed by atoms with Crippen molar-refractivity contribution in [3.63, 3.8) is 0 Å². The molecule has 0 radical (unpaired) electrons. The molecule has 1 unspecified atom stereocenters. The highest BCUT2D eigenvalue weighted by atomic mass is 35.5. The van der Waals surface area contributed by atoms with Crippen molar-refractivity contribution in [2.75, 3.05) is 27.2 Å². The number of aromatic nitrogens is 2. The second kappa shape index (κ2) is 5.59. The van der Waals surface area contributed by atoms with E-state index in [2.05, 4.69) is 29.0 Å². The van der Waals surface area contributed by atoms with Crippen molar-refractivity contribution in [1.29, 1.82) is 0 Å². The number of hydrogen-bond acceptors (Lipinski definition) is 3. The van der Waals surface area contributed by atoms with Gasteiger partial charge in [-0.2, -0.15) is 5.10 Å². The lowest BCUT2D eigenvalue weighted by Gasteiger charge is -2.26. The average Bonchev–Trinajstić information content (AvgIpc) is 2.79. The van der Waals surface area contributed by atoms with E-state index in [1.165, 1.54) is 24.9 Å². The highest BCUT2D eigenvalue weighted by molar-refractivity contribution is 6.30. The molecule has 2 heterocycles. The second-order valence-corrected chi connectivity index (χ2v) is 5.87. The fourth-order valence-corrected chi connectivity index (χ4v) is 3.02. The minimum atomic E-state index is 0.649. The maximum atomic E-state index is 6.31. The Morgan fingerprint density at radius 3 is 2.72 bits per heavy atom. The third-order valence-electron chi connectivity index (χ3n) is 3.71. The number of aryl methyl sites for hydroxylation is 2. The summed E-state index contributed by atoms with van der Waals surface area (Å²) in [6, 6.07) is 0.649. The lowest BCUT2D eigenvalue weighted by molar-refractivity contribution is 0.201. The van der Waals surface area contributed by atoms with Gasteiger partial charge in [0, 0.05) is 31.7 Å². The van der Waals surface area contributed by atoms with Crippen LogP contribution in [-0.4, -0.2) is 52.8 Å². The highest BCUT2D eigenvalue weighted by Gasteiger charge is 2.26. The number of nitrogens with zero attached hydrogens (tertiary/aromatic N) is 4.